The van der Waals surface area contributed by atoms with E-state index in [4.69, 9.17) is 0 Å². The van der Waals surface area contributed by atoms with Crippen LogP contribution in [0.15, 0.2) is 18.2 Å². The molecule has 1 nitrogen and oxygen atoms in total. The molecule has 1 rings (SSSR count). The Morgan fingerprint density at radius 1 is 1.31 bits per heavy atom. The molecule has 0 radical (unpaired) electrons. The summed E-state index contributed by atoms with van der Waals surface area (Å²) in [7, 11) is 0. The van der Waals surface area contributed by atoms with E-state index in [0.29, 0.717) is 11.6 Å². The van der Waals surface area contributed by atoms with Crippen LogP contribution in [0.5, 0.6) is 0 Å². The summed E-state index contributed by atoms with van der Waals surface area (Å²) in [4.78, 5) is 4.27. The maximum Gasteiger partial charge on any atom is 0.147 e. The van der Waals surface area contributed by atoms with E-state index in [2.05, 4.69) is 18.8 Å². The average molecular weight is 181 g/mol. The number of halogens is 1. The molecule has 0 spiro atoms. The highest BCUT2D eigenvalue weighted by molar-refractivity contribution is 5.17. The van der Waals surface area contributed by atoms with Gasteiger partial charge in [0.25, 0.3) is 0 Å². The van der Waals surface area contributed by atoms with Gasteiger partial charge >= 0.3 is 0 Å². The quantitative estimate of drug-likeness (QED) is 0.681. The molecular formula is C11H16FN. The minimum Gasteiger partial charge on any atom is -0.254 e. The molecule has 1 heterocycles. The number of hydrogen-bond donors (Lipinski definition) is 0. The number of pyridine rings is 1. The van der Waals surface area contributed by atoms with Crippen molar-refractivity contribution in [3.63, 3.8) is 0 Å². The molecule has 0 saturated carbocycles. The minimum atomic E-state index is -1.34. The van der Waals surface area contributed by atoms with Crippen molar-refractivity contribution in [2.45, 2.75) is 39.3 Å². The average Bonchev–Trinajstić information content (AvgIpc) is 2.03. The largest absolute Gasteiger partial charge is 0.254 e. The summed E-state index contributed by atoms with van der Waals surface area (Å²) in [5.41, 5.74) is 0.118. The van der Waals surface area contributed by atoms with Crippen LogP contribution in [0.2, 0.25) is 0 Å². The molecule has 0 amide bonds. The summed E-state index contributed by atoms with van der Waals surface area (Å²) in [5, 5.41) is 0. The van der Waals surface area contributed by atoms with Gasteiger partial charge in [0.1, 0.15) is 5.67 Å². The monoisotopic (exact) mass is 181 g/mol. The Morgan fingerprint density at radius 2 is 1.92 bits per heavy atom. The van der Waals surface area contributed by atoms with Gasteiger partial charge in [-0.1, -0.05) is 19.9 Å². The lowest BCUT2D eigenvalue weighted by Gasteiger charge is -2.15. The van der Waals surface area contributed by atoms with Gasteiger partial charge in [-0.3, -0.25) is 4.98 Å². The predicted octanol–water partition coefficient (Wildman–Crippen LogP) is 3.41. The van der Waals surface area contributed by atoms with E-state index in [9.17, 15) is 4.39 Å². The fraction of sp³-hybridized carbons (Fsp3) is 0.545. The van der Waals surface area contributed by atoms with Gasteiger partial charge in [0.15, 0.2) is 0 Å². The van der Waals surface area contributed by atoms with Gasteiger partial charge in [-0.25, -0.2) is 4.39 Å². The molecule has 1 aromatic rings. The van der Waals surface area contributed by atoms with E-state index in [1.54, 1.807) is 6.07 Å². The van der Waals surface area contributed by atoms with E-state index in [1.807, 2.05) is 12.1 Å². The van der Waals surface area contributed by atoms with Crippen molar-refractivity contribution >= 4 is 0 Å². The van der Waals surface area contributed by atoms with E-state index in [0.717, 1.165) is 5.69 Å². The Balaban J connectivity index is 3.06. The fourth-order valence-corrected chi connectivity index (χ4v) is 1.10. The van der Waals surface area contributed by atoms with Gasteiger partial charge in [0.05, 0.1) is 5.69 Å². The lowest BCUT2D eigenvalue weighted by molar-refractivity contribution is 0.214. The van der Waals surface area contributed by atoms with E-state index in [1.165, 1.54) is 13.8 Å². The Labute approximate surface area is 79.0 Å². The van der Waals surface area contributed by atoms with E-state index < -0.39 is 5.67 Å². The van der Waals surface area contributed by atoms with Crippen molar-refractivity contribution in [3.05, 3.63) is 29.6 Å². The topological polar surface area (TPSA) is 12.9 Å². The molecule has 0 bridgehead atoms. The predicted molar refractivity (Wildman–Crippen MR) is 52.5 cm³/mol. The third-order valence-electron chi connectivity index (χ3n) is 1.97. The maximum absolute atomic E-state index is 13.5. The molecule has 0 N–H and O–H groups in total. The lowest BCUT2D eigenvalue weighted by Crippen LogP contribution is -2.12. The first kappa shape index (κ1) is 10.2. The van der Waals surface area contributed by atoms with Crippen molar-refractivity contribution in [1.82, 2.24) is 4.98 Å². The number of alkyl halides is 1. The molecule has 13 heavy (non-hydrogen) atoms. The summed E-state index contributed by atoms with van der Waals surface area (Å²) in [6.07, 6.45) is 0. The molecule has 0 aliphatic rings. The Hall–Kier alpha value is -0.920. The van der Waals surface area contributed by atoms with Crippen molar-refractivity contribution in [1.29, 1.82) is 0 Å². The van der Waals surface area contributed by atoms with Crippen LogP contribution >= 0.6 is 0 Å². The SMILES string of the molecule is CC(C)c1cccc(C(C)(C)F)n1. The van der Waals surface area contributed by atoms with Gasteiger partial charge in [0, 0.05) is 5.69 Å². The van der Waals surface area contributed by atoms with Gasteiger partial charge in [-0.05, 0) is 31.9 Å². The summed E-state index contributed by atoms with van der Waals surface area (Å²) >= 11 is 0. The molecule has 72 valence electrons. The van der Waals surface area contributed by atoms with Gasteiger partial charge in [-0.15, -0.1) is 0 Å². The molecule has 0 unspecified atom stereocenters. The molecule has 1 aromatic heterocycles. The number of hydrogen-bond acceptors (Lipinski definition) is 1. The molecule has 0 atom stereocenters. The molecule has 0 aliphatic heterocycles. The van der Waals surface area contributed by atoms with Crippen LogP contribution in [0.3, 0.4) is 0 Å². The van der Waals surface area contributed by atoms with Crippen molar-refractivity contribution in [2.24, 2.45) is 0 Å². The third-order valence-corrected chi connectivity index (χ3v) is 1.97. The first-order valence-corrected chi connectivity index (χ1v) is 4.57. The van der Waals surface area contributed by atoms with Gasteiger partial charge in [-0.2, -0.15) is 0 Å². The molecular weight excluding hydrogens is 165 g/mol. The zero-order chi connectivity index (χ0) is 10.1. The first-order valence-electron chi connectivity index (χ1n) is 4.57. The molecule has 2 heteroatoms. The lowest BCUT2D eigenvalue weighted by atomic mass is 10.0. The van der Waals surface area contributed by atoms with Crippen LogP contribution in [0.4, 0.5) is 4.39 Å². The summed E-state index contributed by atoms with van der Waals surface area (Å²) in [6.45, 7) is 7.16. The van der Waals surface area contributed by atoms with Crippen LogP contribution in [0.1, 0.15) is 45.0 Å². The molecule has 0 aromatic carbocycles. The second-order valence-electron chi connectivity index (χ2n) is 4.07. The molecule has 0 aliphatic carbocycles. The standard InChI is InChI=1S/C11H16FN/c1-8(2)9-6-5-7-10(13-9)11(3,4)12/h5-8H,1-4H3. The Morgan fingerprint density at radius 3 is 2.38 bits per heavy atom. The summed E-state index contributed by atoms with van der Waals surface area (Å²) in [5.74, 6) is 0.349. The normalized spacial score (nSPS) is 12.2. The number of aromatic nitrogens is 1. The van der Waals surface area contributed by atoms with Crippen LogP contribution in [-0.4, -0.2) is 4.98 Å². The van der Waals surface area contributed by atoms with Crippen molar-refractivity contribution in [3.8, 4) is 0 Å². The van der Waals surface area contributed by atoms with Gasteiger partial charge in [0.2, 0.25) is 0 Å². The van der Waals surface area contributed by atoms with Gasteiger partial charge < -0.3 is 0 Å². The Kier molecular flexibility index (Phi) is 2.69. The highest BCUT2D eigenvalue weighted by Gasteiger charge is 2.20. The highest BCUT2D eigenvalue weighted by Crippen LogP contribution is 2.23. The minimum absolute atomic E-state index is 0.349. The first-order chi connectivity index (χ1) is 5.91. The summed E-state index contributed by atoms with van der Waals surface area (Å²) in [6, 6.07) is 5.52. The fourth-order valence-electron chi connectivity index (χ4n) is 1.10. The second kappa shape index (κ2) is 3.44. The number of rotatable bonds is 2. The zero-order valence-corrected chi connectivity index (χ0v) is 8.63. The van der Waals surface area contributed by atoms with E-state index in [-0.39, 0.29) is 0 Å². The molecule has 0 saturated heterocycles. The van der Waals surface area contributed by atoms with Crippen LogP contribution < -0.4 is 0 Å². The van der Waals surface area contributed by atoms with Crippen LogP contribution in [-0.2, 0) is 5.67 Å². The van der Waals surface area contributed by atoms with Crippen molar-refractivity contribution < 1.29 is 4.39 Å². The number of nitrogens with zero attached hydrogens (tertiary/aromatic N) is 1. The zero-order valence-electron chi connectivity index (χ0n) is 8.63. The summed E-state index contributed by atoms with van der Waals surface area (Å²) < 4.78 is 13.5. The third kappa shape index (κ3) is 2.51. The smallest absolute Gasteiger partial charge is 0.147 e. The highest BCUT2D eigenvalue weighted by atomic mass is 19.1. The van der Waals surface area contributed by atoms with Crippen LogP contribution in [0.25, 0.3) is 0 Å². The Bertz CT molecular complexity index is 286. The maximum atomic E-state index is 13.5. The van der Waals surface area contributed by atoms with Crippen molar-refractivity contribution in [2.75, 3.05) is 0 Å². The molecule has 0 fully saturated rings. The second-order valence-corrected chi connectivity index (χ2v) is 4.07. The van der Waals surface area contributed by atoms with Crippen LogP contribution in [0, 0.1) is 0 Å². The van der Waals surface area contributed by atoms with E-state index >= 15 is 0 Å².